The predicted molar refractivity (Wildman–Crippen MR) is 68.2 cm³/mol. The molecule has 0 spiro atoms. The molecule has 2 unspecified atom stereocenters. The van der Waals surface area contributed by atoms with Crippen LogP contribution in [0.15, 0.2) is 18.2 Å². The van der Waals surface area contributed by atoms with Crippen molar-refractivity contribution in [3.63, 3.8) is 0 Å². The molecular weight excluding hydrogens is 246 g/mol. The van der Waals surface area contributed by atoms with Crippen LogP contribution < -0.4 is 0 Å². The quantitative estimate of drug-likeness (QED) is 0.912. The van der Waals surface area contributed by atoms with Gasteiger partial charge in [0.05, 0.1) is 23.2 Å². The van der Waals surface area contributed by atoms with Crippen LogP contribution in [0.1, 0.15) is 35.7 Å². The first kappa shape index (κ1) is 12.1. The zero-order chi connectivity index (χ0) is 13.4. The lowest BCUT2D eigenvalue weighted by Crippen LogP contribution is -2.21. The first-order valence-electron chi connectivity index (χ1n) is 6.31. The molecule has 19 heavy (non-hydrogen) atoms. The van der Waals surface area contributed by atoms with E-state index in [2.05, 4.69) is 10.3 Å². The first-order valence-corrected chi connectivity index (χ1v) is 6.31. The van der Waals surface area contributed by atoms with E-state index in [-0.39, 0.29) is 17.7 Å². The molecule has 2 aromatic rings. The molecule has 0 bridgehead atoms. The molecule has 1 saturated carbocycles. The molecule has 1 aliphatic carbocycles. The molecule has 1 aliphatic rings. The number of hydrogen-bond acceptors (Lipinski definition) is 4. The number of benzene rings is 1. The van der Waals surface area contributed by atoms with Gasteiger partial charge in [-0.3, -0.25) is 0 Å². The minimum atomic E-state index is -0.952. The zero-order valence-electron chi connectivity index (χ0n) is 10.6. The smallest absolute Gasteiger partial charge is 0.335 e. The SMILES string of the molecule is COC1CCCC1n1nnc2cc(C(=O)O)ccc21. The third-order valence-electron chi connectivity index (χ3n) is 3.75. The van der Waals surface area contributed by atoms with Crippen molar-refractivity contribution in [1.29, 1.82) is 0 Å². The number of methoxy groups -OCH3 is 1. The zero-order valence-corrected chi connectivity index (χ0v) is 10.6. The highest BCUT2D eigenvalue weighted by Gasteiger charge is 2.30. The monoisotopic (exact) mass is 261 g/mol. The van der Waals surface area contributed by atoms with E-state index < -0.39 is 5.97 Å². The number of hydrogen-bond donors (Lipinski definition) is 1. The predicted octanol–water partition coefficient (Wildman–Crippen LogP) is 1.87. The van der Waals surface area contributed by atoms with Crippen molar-refractivity contribution in [2.75, 3.05) is 7.11 Å². The molecule has 2 atom stereocenters. The summed E-state index contributed by atoms with van der Waals surface area (Å²) in [5.74, 6) is -0.952. The van der Waals surface area contributed by atoms with Gasteiger partial charge < -0.3 is 9.84 Å². The second-order valence-electron chi connectivity index (χ2n) is 4.82. The Labute approximate surface area is 110 Å². The van der Waals surface area contributed by atoms with Crippen LogP contribution in [0.2, 0.25) is 0 Å². The van der Waals surface area contributed by atoms with Gasteiger partial charge in [-0.15, -0.1) is 5.10 Å². The molecule has 0 aliphatic heterocycles. The maximum absolute atomic E-state index is 10.9. The number of ether oxygens (including phenoxy) is 1. The topological polar surface area (TPSA) is 77.2 Å². The van der Waals surface area contributed by atoms with E-state index in [4.69, 9.17) is 9.84 Å². The fourth-order valence-corrected chi connectivity index (χ4v) is 2.78. The highest BCUT2D eigenvalue weighted by molar-refractivity contribution is 5.92. The van der Waals surface area contributed by atoms with Gasteiger partial charge in [0.25, 0.3) is 0 Å². The van der Waals surface area contributed by atoms with Crippen LogP contribution in [0, 0.1) is 0 Å². The first-order chi connectivity index (χ1) is 9.20. The standard InChI is InChI=1S/C13H15N3O3/c1-19-12-4-2-3-11(12)16-10-6-5-8(13(17)18)7-9(10)14-15-16/h5-7,11-12H,2-4H2,1H3,(H,17,18). The van der Waals surface area contributed by atoms with Crippen LogP contribution in [0.5, 0.6) is 0 Å². The van der Waals surface area contributed by atoms with Crippen molar-refractivity contribution in [1.82, 2.24) is 15.0 Å². The van der Waals surface area contributed by atoms with E-state index in [1.807, 2.05) is 4.68 Å². The van der Waals surface area contributed by atoms with Gasteiger partial charge in [0.1, 0.15) is 5.52 Å². The largest absolute Gasteiger partial charge is 0.478 e. The van der Waals surface area contributed by atoms with Crippen LogP contribution in [-0.4, -0.2) is 39.3 Å². The lowest BCUT2D eigenvalue weighted by molar-refractivity contribution is 0.0696. The number of aromatic nitrogens is 3. The van der Waals surface area contributed by atoms with Crippen LogP contribution in [0.3, 0.4) is 0 Å². The molecule has 1 N–H and O–H groups in total. The number of carboxylic acids is 1. The van der Waals surface area contributed by atoms with Gasteiger partial charge >= 0.3 is 5.97 Å². The van der Waals surface area contributed by atoms with Crippen molar-refractivity contribution >= 4 is 17.0 Å². The number of rotatable bonds is 3. The second kappa shape index (κ2) is 4.62. The summed E-state index contributed by atoms with van der Waals surface area (Å²) in [4.78, 5) is 10.9. The molecule has 6 heteroatoms. The van der Waals surface area contributed by atoms with E-state index >= 15 is 0 Å². The molecule has 1 aromatic carbocycles. The minimum Gasteiger partial charge on any atom is -0.478 e. The molecule has 1 aromatic heterocycles. The van der Waals surface area contributed by atoms with Crippen LogP contribution in [-0.2, 0) is 4.74 Å². The van der Waals surface area contributed by atoms with Crippen molar-refractivity contribution in [2.24, 2.45) is 0 Å². The Balaban J connectivity index is 2.03. The average molecular weight is 261 g/mol. The van der Waals surface area contributed by atoms with E-state index in [0.29, 0.717) is 5.52 Å². The summed E-state index contributed by atoms with van der Waals surface area (Å²) in [7, 11) is 1.71. The molecular formula is C13H15N3O3. The maximum Gasteiger partial charge on any atom is 0.335 e. The minimum absolute atomic E-state index is 0.157. The highest BCUT2D eigenvalue weighted by Crippen LogP contribution is 2.33. The van der Waals surface area contributed by atoms with Gasteiger partial charge in [-0.05, 0) is 37.5 Å². The second-order valence-corrected chi connectivity index (χ2v) is 4.82. The van der Waals surface area contributed by atoms with E-state index in [9.17, 15) is 4.79 Å². The summed E-state index contributed by atoms with van der Waals surface area (Å²) >= 11 is 0. The summed E-state index contributed by atoms with van der Waals surface area (Å²) in [6.45, 7) is 0. The van der Waals surface area contributed by atoms with Gasteiger partial charge in [0.15, 0.2) is 0 Å². The van der Waals surface area contributed by atoms with Crippen molar-refractivity contribution in [3.8, 4) is 0 Å². The molecule has 0 amide bonds. The third-order valence-corrected chi connectivity index (χ3v) is 3.75. The molecule has 0 radical (unpaired) electrons. The molecule has 100 valence electrons. The Kier molecular flexibility index (Phi) is 2.94. The summed E-state index contributed by atoms with van der Waals surface area (Å²) in [6.07, 6.45) is 3.30. The summed E-state index contributed by atoms with van der Waals surface area (Å²) in [5, 5.41) is 17.2. The van der Waals surface area contributed by atoms with Crippen LogP contribution >= 0.6 is 0 Å². The molecule has 1 fully saturated rings. The van der Waals surface area contributed by atoms with Crippen molar-refractivity contribution in [2.45, 2.75) is 31.4 Å². The van der Waals surface area contributed by atoms with Crippen molar-refractivity contribution < 1.29 is 14.6 Å². The fraction of sp³-hybridized carbons (Fsp3) is 0.462. The number of nitrogens with zero attached hydrogens (tertiary/aromatic N) is 3. The number of carbonyl (C=O) groups is 1. The van der Waals surface area contributed by atoms with Gasteiger partial charge in [-0.1, -0.05) is 5.21 Å². The Morgan fingerprint density at radius 1 is 1.47 bits per heavy atom. The van der Waals surface area contributed by atoms with E-state index in [0.717, 1.165) is 24.8 Å². The van der Waals surface area contributed by atoms with Gasteiger partial charge in [-0.2, -0.15) is 0 Å². The molecule has 1 heterocycles. The Morgan fingerprint density at radius 2 is 2.32 bits per heavy atom. The normalized spacial score (nSPS) is 23.0. The molecule has 6 nitrogen and oxygen atoms in total. The van der Waals surface area contributed by atoms with Crippen molar-refractivity contribution in [3.05, 3.63) is 23.8 Å². The third kappa shape index (κ3) is 1.98. The summed E-state index contributed by atoms with van der Waals surface area (Å²) in [5.41, 5.74) is 1.70. The molecule has 0 saturated heterocycles. The van der Waals surface area contributed by atoms with Gasteiger partial charge in [0.2, 0.25) is 0 Å². The van der Waals surface area contributed by atoms with Crippen LogP contribution in [0.4, 0.5) is 0 Å². The average Bonchev–Trinajstić information content (AvgIpc) is 3.03. The maximum atomic E-state index is 10.9. The Morgan fingerprint density at radius 3 is 3.05 bits per heavy atom. The lowest BCUT2D eigenvalue weighted by Gasteiger charge is -2.18. The number of carboxylic acid groups (broad SMARTS) is 1. The van der Waals surface area contributed by atoms with E-state index in [1.54, 1.807) is 25.3 Å². The summed E-state index contributed by atoms with van der Waals surface area (Å²) < 4.78 is 7.34. The lowest BCUT2D eigenvalue weighted by atomic mass is 10.1. The number of fused-ring (bicyclic) bond motifs is 1. The summed E-state index contributed by atoms with van der Waals surface area (Å²) in [6, 6.07) is 5.09. The van der Waals surface area contributed by atoms with E-state index in [1.165, 1.54) is 0 Å². The van der Waals surface area contributed by atoms with Gasteiger partial charge in [0, 0.05) is 7.11 Å². The Hall–Kier alpha value is -1.95. The number of aromatic carboxylic acids is 1. The van der Waals surface area contributed by atoms with Gasteiger partial charge in [-0.25, -0.2) is 9.48 Å². The fourth-order valence-electron chi connectivity index (χ4n) is 2.78. The van der Waals surface area contributed by atoms with Crippen LogP contribution in [0.25, 0.3) is 11.0 Å². The Bertz CT molecular complexity index is 623. The molecule has 3 rings (SSSR count). The highest BCUT2D eigenvalue weighted by atomic mass is 16.5.